The molecule has 2 unspecified atom stereocenters. The van der Waals surface area contributed by atoms with Crippen LogP contribution in [0.2, 0.25) is 0 Å². The minimum Gasteiger partial charge on any atom is -0.490 e. The van der Waals surface area contributed by atoms with E-state index in [0.717, 1.165) is 11.1 Å². The molecule has 2 heterocycles. The van der Waals surface area contributed by atoms with Gasteiger partial charge in [-0.3, -0.25) is 29.8 Å². The number of hydrogen-bond acceptors (Lipinski definition) is 19. The summed E-state index contributed by atoms with van der Waals surface area (Å²) < 4.78 is 33.6. The van der Waals surface area contributed by atoms with Gasteiger partial charge in [-0.25, -0.2) is 19.2 Å². The smallest absolute Gasteiger partial charge is 0.337 e. The van der Waals surface area contributed by atoms with E-state index in [1.54, 1.807) is 107 Å². The van der Waals surface area contributed by atoms with Gasteiger partial charge < -0.3 is 54.8 Å². The molecule has 6 aromatic rings. The zero-order chi connectivity index (χ0) is 67.4. The van der Waals surface area contributed by atoms with Gasteiger partial charge in [-0.2, -0.15) is 0 Å². The molecule has 0 spiro atoms. The summed E-state index contributed by atoms with van der Waals surface area (Å²) in [5.74, 6) is -4.16. The number of dihydropyridines is 2. The average molecular weight is 1270 g/mol. The van der Waals surface area contributed by atoms with Crippen LogP contribution in [0.3, 0.4) is 0 Å². The predicted molar refractivity (Wildman–Crippen MR) is 349 cm³/mol. The van der Waals surface area contributed by atoms with Crippen LogP contribution in [-0.4, -0.2) is 96.9 Å². The minimum absolute atomic E-state index is 0.0300. The summed E-state index contributed by atoms with van der Waals surface area (Å²) in [6, 6.07) is 44.0. The summed E-state index contributed by atoms with van der Waals surface area (Å²) >= 11 is 0. The Hall–Kier alpha value is -11.5. The van der Waals surface area contributed by atoms with Crippen LogP contribution in [0.1, 0.15) is 82.6 Å². The first-order valence-corrected chi connectivity index (χ1v) is 29.3. The van der Waals surface area contributed by atoms with Crippen molar-refractivity contribution in [1.29, 1.82) is 0 Å². The lowest BCUT2D eigenvalue weighted by Gasteiger charge is -2.30. The lowest BCUT2D eigenvalue weighted by atomic mass is 9.80. The highest BCUT2D eigenvalue weighted by Gasteiger charge is 2.40. The molecule has 93 heavy (non-hydrogen) atoms. The Bertz CT molecular complexity index is 3590. The van der Waals surface area contributed by atoms with Gasteiger partial charge in [-0.15, -0.1) is 0 Å². The number of amides is 2. The zero-order valence-electron chi connectivity index (χ0n) is 52.3. The number of nitrogens with zero attached hydrogens (tertiary/aromatic N) is 2. The molecule has 2 aliphatic rings. The largest absolute Gasteiger partial charge is 0.490 e. The van der Waals surface area contributed by atoms with Crippen LogP contribution < -0.4 is 30.7 Å². The van der Waals surface area contributed by atoms with Gasteiger partial charge in [0, 0.05) is 78.9 Å². The second-order valence-corrected chi connectivity index (χ2v) is 20.5. The standard InChI is InChI=1S/2C34H33N3O8.C2H6O/c2*1-22-30(33(39)44-18-8-11-25-9-5-4-6-10-25)32(26-12-7-13-28(21-26)37(41)42)31(23(2)35-22)34(40)45-20-19-43-29-16-14-27(15-17-29)36-24(3)38;1-2-3/h2*4-17,21,32,35H,18-20H2,1-3H3,(H,36,38);3H,2H2,1H3/b2*11-8+;. The maximum atomic E-state index is 13.5. The molecule has 23 nitrogen and oxygen atoms in total. The molecule has 0 saturated heterocycles. The lowest BCUT2D eigenvalue weighted by Crippen LogP contribution is -2.33. The third kappa shape index (κ3) is 21.4. The number of aliphatic hydroxyl groups excluding tert-OH is 1. The third-order valence-electron chi connectivity index (χ3n) is 13.6. The van der Waals surface area contributed by atoms with Gasteiger partial charge in [0.05, 0.1) is 44.0 Å². The summed E-state index contributed by atoms with van der Waals surface area (Å²) in [6.07, 6.45) is 7.03. The fraction of sp³-hybridized carbons (Fsp3) is 0.229. The molecule has 6 aromatic carbocycles. The minimum atomic E-state index is -0.994. The Kier molecular flexibility index (Phi) is 27.1. The van der Waals surface area contributed by atoms with E-state index in [2.05, 4.69) is 21.3 Å². The average Bonchev–Trinajstić information content (AvgIpc) is 0.787. The number of ether oxygens (including phenoxy) is 6. The fourth-order valence-electron chi connectivity index (χ4n) is 9.69. The number of carbonyl (C=O) groups is 6. The molecular formula is C70H72N6O17. The highest BCUT2D eigenvalue weighted by molar-refractivity contribution is 6.01. The number of nitro benzene ring substituents is 2. The van der Waals surface area contributed by atoms with Gasteiger partial charge in [0.15, 0.2) is 0 Å². The molecule has 23 heteroatoms. The van der Waals surface area contributed by atoms with Gasteiger partial charge in [0.25, 0.3) is 11.4 Å². The number of nitro groups is 2. The zero-order valence-corrected chi connectivity index (χ0v) is 52.3. The molecule has 484 valence electrons. The summed E-state index contributed by atoms with van der Waals surface area (Å²) in [6.45, 7) is 11.2. The number of hydrogen-bond donors (Lipinski definition) is 5. The van der Waals surface area contributed by atoms with Gasteiger partial charge in [0.1, 0.15) is 51.1 Å². The normalized spacial score (nSPS) is 14.2. The number of benzene rings is 6. The van der Waals surface area contributed by atoms with Crippen LogP contribution >= 0.6 is 0 Å². The van der Waals surface area contributed by atoms with Gasteiger partial charge in [-0.1, -0.05) is 97.1 Å². The van der Waals surface area contributed by atoms with Crippen LogP contribution in [0.25, 0.3) is 12.2 Å². The number of anilines is 2. The number of carbonyl (C=O) groups excluding carboxylic acids is 6. The Balaban J connectivity index is 0.000000283. The van der Waals surface area contributed by atoms with Crippen LogP contribution in [0.4, 0.5) is 22.7 Å². The van der Waals surface area contributed by atoms with Crippen molar-refractivity contribution in [3.63, 3.8) is 0 Å². The summed E-state index contributed by atoms with van der Waals surface area (Å²) in [7, 11) is 0. The molecule has 0 aliphatic carbocycles. The van der Waals surface area contributed by atoms with Crippen molar-refractivity contribution in [2.24, 2.45) is 0 Å². The van der Waals surface area contributed by atoms with E-state index in [1.165, 1.54) is 50.2 Å². The van der Waals surface area contributed by atoms with Crippen LogP contribution in [-0.2, 0) is 47.7 Å². The molecule has 2 amide bonds. The SMILES string of the molecule is CC(=O)Nc1ccc(OCCOC(=O)C2=C(C)NC(C)=C(C(=O)OC/C=C/c3ccccc3)C2c2cccc([N+](=O)[O-])c2)cc1.CC(=O)Nc1ccc(OCCOC(=O)C2=C(C)NC(C)=C(C(=O)OC/C=C/c3ccccc3)C2c2cccc([N+](=O)[O-])c2)cc1.CCO. The first-order valence-electron chi connectivity index (χ1n) is 29.3. The number of allylic oxidation sites excluding steroid dienone is 4. The van der Waals surface area contributed by atoms with E-state index < -0.39 is 45.6 Å². The second-order valence-electron chi connectivity index (χ2n) is 20.5. The Labute approximate surface area is 537 Å². The number of rotatable bonds is 24. The summed E-state index contributed by atoms with van der Waals surface area (Å²) in [5.41, 5.74) is 5.72. The van der Waals surface area contributed by atoms with Gasteiger partial charge in [0.2, 0.25) is 11.8 Å². The number of esters is 4. The molecule has 8 rings (SSSR count). The van der Waals surface area contributed by atoms with Crippen LogP contribution in [0.15, 0.2) is 215 Å². The van der Waals surface area contributed by atoms with E-state index in [1.807, 2.05) is 72.8 Å². The van der Waals surface area contributed by atoms with E-state index in [-0.39, 0.29) is 91.7 Å². The van der Waals surface area contributed by atoms with Gasteiger partial charge in [-0.05, 0) is 118 Å². The summed E-state index contributed by atoms with van der Waals surface area (Å²) in [4.78, 5) is 98.6. The second kappa shape index (κ2) is 35.7. The van der Waals surface area contributed by atoms with Gasteiger partial charge >= 0.3 is 23.9 Å². The van der Waals surface area contributed by atoms with E-state index in [4.69, 9.17) is 33.5 Å². The van der Waals surface area contributed by atoms with E-state index in [9.17, 15) is 49.0 Å². The molecular weight excluding hydrogens is 1200 g/mol. The fourth-order valence-corrected chi connectivity index (χ4v) is 9.69. The first-order chi connectivity index (χ1) is 44.7. The third-order valence-corrected chi connectivity index (χ3v) is 13.6. The lowest BCUT2D eigenvalue weighted by molar-refractivity contribution is -0.385. The van der Waals surface area contributed by atoms with Crippen molar-refractivity contribution in [1.82, 2.24) is 10.6 Å². The highest BCUT2D eigenvalue weighted by Crippen LogP contribution is 2.42. The molecule has 0 radical (unpaired) electrons. The molecule has 2 aliphatic heterocycles. The molecule has 0 fully saturated rings. The molecule has 0 aromatic heterocycles. The number of nitrogens with one attached hydrogen (secondary N) is 4. The highest BCUT2D eigenvalue weighted by atomic mass is 16.6. The maximum Gasteiger partial charge on any atom is 0.337 e. The molecule has 0 saturated carbocycles. The molecule has 5 N–H and O–H groups in total. The topological polar surface area (TPSA) is 312 Å². The van der Waals surface area contributed by atoms with Crippen molar-refractivity contribution in [3.05, 3.63) is 257 Å². The maximum absolute atomic E-state index is 13.5. The molecule has 2 atom stereocenters. The van der Waals surface area contributed by atoms with Crippen molar-refractivity contribution < 1.29 is 72.1 Å². The van der Waals surface area contributed by atoms with Crippen LogP contribution in [0.5, 0.6) is 11.5 Å². The van der Waals surface area contributed by atoms with Crippen molar-refractivity contribution in [3.8, 4) is 11.5 Å². The predicted octanol–water partition coefficient (Wildman–Crippen LogP) is 11.3. The van der Waals surface area contributed by atoms with Crippen molar-refractivity contribution in [2.75, 3.05) is 56.9 Å². The van der Waals surface area contributed by atoms with Crippen molar-refractivity contribution in [2.45, 2.75) is 60.3 Å². The van der Waals surface area contributed by atoms with E-state index >= 15 is 0 Å². The van der Waals surface area contributed by atoms with Crippen molar-refractivity contribution >= 4 is 70.6 Å². The van der Waals surface area contributed by atoms with Crippen LogP contribution in [0, 0.1) is 20.2 Å². The number of aliphatic hydroxyl groups is 1. The Morgan fingerprint density at radius 3 is 1.11 bits per heavy atom. The summed E-state index contributed by atoms with van der Waals surface area (Å²) in [5, 5.41) is 42.2. The Morgan fingerprint density at radius 2 is 0.796 bits per heavy atom. The first kappa shape index (κ1) is 70.6. The number of non-ortho nitro benzene ring substituents is 2. The monoisotopic (exact) mass is 1270 g/mol. The quantitative estimate of drug-likeness (QED) is 0.0124. The van der Waals surface area contributed by atoms with E-state index in [0.29, 0.717) is 56.8 Å². The molecule has 0 bridgehead atoms. The Morgan fingerprint density at radius 1 is 0.473 bits per heavy atom.